The maximum Gasteiger partial charge on any atom is 0.311 e. The summed E-state index contributed by atoms with van der Waals surface area (Å²) in [5, 5.41) is 13.4. The van der Waals surface area contributed by atoms with Gasteiger partial charge in [0.15, 0.2) is 0 Å². The summed E-state index contributed by atoms with van der Waals surface area (Å²) in [6, 6.07) is 5.41. The Labute approximate surface area is 117 Å². The van der Waals surface area contributed by atoms with Gasteiger partial charge < -0.3 is 5.32 Å². The van der Waals surface area contributed by atoms with E-state index in [9.17, 15) is 18.9 Å². The van der Waals surface area contributed by atoms with Gasteiger partial charge in [0.05, 0.1) is 4.92 Å². The van der Waals surface area contributed by atoms with Gasteiger partial charge in [-0.05, 0) is 24.3 Å². The normalized spacial score (nSPS) is 10.3. The van der Waals surface area contributed by atoms with Crippen LogP contribution in [0.2, 0.25) is 5.15 Å². The molecule has 1 heterocycles. The van der Waals surface area contributed by atoms with Crippen LogP contribution in [0.5, 0.6) is 0 Å². The first-order valence-electron chi connectivity index (χ1n) is 5.46. The van der Waals surface area contributed by atoms with Crippen LogP contribution in [0, 0.1) is 21.7 Å². The Kier molecular flexibility index (Phi) is 4.09. The van der Waals surface area contributed by atoms with Crippen LogP contribution in [0.15, 0.2) is 30.3 Å². The third-order valence-corrected chi connectivity index (χ3v) is 2.70. The predicted molar refractivity (Wildman–Crippen MR) is 69.6 cm³/mol. The molecule has 0 aliphatic heterocycles. The molecular formula is C12H8ClF2N3O2. The lowest BCUT2D eigenvalue weighted by Gasteiger charge is -2.07. The van der Waals surface area contributed by atoms with Crippen molar-refractivity contribution in [3.05, 3.63) is 62.8 Å². The molecule has 20 heavy (non-hydrogen) atoms. The molecule has 104 valence electrons. The standard InChI is InChI=1S/C12H8ClF2N3O2/c13-11-4-3-10(18(19)20)12(17-11)16-6-7-5-8(14)1-2-9(7)15/h1-5H,6H2,(H,16,17). The van der Waals surface area contributed by atoms with Crippen molar-refractivity contribution >= 4 is 23.1 Å². The van der Waals surface area contributed by atoms with E-state index in [-0.39, 0.29) is 28.8 Å². The molecule has 0 bridgehead atoms. The van der Waals surface area contributed by atoms with E-state index in [1.807, 2.05) is 0 Å². The van der Waals surface area contributed by atoms with Crippen LogP contribution in [0.4, 0.5) is 20.3 Å². The largest absolute Gasteiger partial charge is 0.360 e. The molecule has 2 aromatic rings. The van der Waals surface area contributed by atoms with E-state index in [4.69, 9.17) is 11.6 Å². The van der Waals surface area contributed by atoms with E-state index >= 15 is 0 Å². The van der Waals surface area contributed by atoms with Gasteiger partial charge in [-0.15, -0.1) is 0 Å². The van der Waals surface area contributed by atoms with E-state index < -0.39 is 16.6 Å². The highest BCUT2D eigenvalue weighted by Gasteiger charge is 2.16. The number of halogens is 3. The Morgan fingerprint density at radius 2 is 2.05 bits per heavy atom. The zero-order valence-corrected chi connectivity index (χ0v) is 10.7. The van der Waals surface area contributed by atoms with Gasteiger partial charge in [-0.2, -0.15) is 0 Å². The Morgan fingerprint density at radius 3 is 2.75 bits per heavy atom. The van der Waals surface area contributed by atoms with Gasteiger partial charge in [-0.25, -0.2) is 13.8 Å². The van der Waals surface area contributed by atoms with Crippen LogP contribution in [0.1, 0.15) is 5.56 Å². The van der Waals surface area contributed by atoms with Gasteiger partial charge in [0.2, 0.25) is 5.82 Å². The summed E-state index contributed by atoms with van der Waals surface area (Å²) < 4.78 is 26.4. The molecule has 1 aromatic carbocycles. The van der Waals surface area contributed by atoms with E-state index in [1.165, 1.54) is 12.1 Å². The molecule has 8 heteroatoms. The number of pyridine rings is 1. The van der Waals surface area contributed by atoms with Crippen molar-refractivity contribution in [2.75, 3.05) is 5.32 Å². The maximum absolute atomic E-state index is 13.4. The Hall–Kier alpha value is -2.28. The fraction of sp³-hybridized carbons (Fsp3) is 0.0833. The van der Waals surface area contributed by atoms with Crippen molar-refractivity contribution in [3.63, 3.8) is 0 Å². The van der Waals surface area contributed by atoms with Crippen LogP contribution in [-0.2, 0) is 6.54 Å². The zero-order valence-electron chi connectivity index (χ0n) is 9.94. The first-order valence-corrected chi connectivity index (χ1v) is 5.84. The minimum Gasteiger partial charge on any atom is -0.360 e. The third-order valence-electron chi connectivity index (χ3n) is 2.49. The van der Waals surface area contributed by atoms with Crippen LogP contribution < -0.4 is 5.32 Å². The molecule has 0 aliphatic rings. The molecule has 0 unspecified atom stereocenters. The van der Waals surface area contributed by atoms with E-state index in [0.717, 1.165) is 18.2 Å². The Morgan fingerprint density at radius 1 is 1.30 bits per heavy atom. The summed E-state index contributed by atoms with van der Waals surface area (Å²) in [6.45, 7) is -0.155. The molecule has 1 aromatic heterocycles. The average molecular weight is 300 g/mol. The number of aromatic nitrogens is 1. The van der Waals surface area contributed by atoms with Gasteiger partial charge >= 0.3 is 5.69 Å². The maximum atomic E-state index is 13.4. The van der Waals surface area contributed by atoms with Crippen molar-refractivity contribution in [3.8, 4) is 0 Å². The van der Waals surface area contributed by atoms with Crippen LogP contribution in [0.3, 0.4) is 0 Å². The molecule has 5 nitrogen and oxygen atoms in total. The van der Waals surface area contributed by atoms with E-state index in [1.54, 1.807) is 0 Å². The van der Waals surface area contributed by atoms with Gasteiger partial charge in [-0.1, -0.05) is 11.6 Å². The fourth-order valence-corrected chi connectivity index (χ4v) is 1.71. The molecule has 1 N–H and O–H groups in total. The zero-order chi connectivity index (χ0) is 14.7. The molecule has 0 spiro atoms. The number of hydrogen-bond donors (Lipinski definition) is 1. The topological polar surface area (TPSA) is 68.1 Å². The van der Waals surface area contributed by atoms with Crippen LogP contribution in [-0.4, -0.2) is 9.91 Å². The number of nitrogens with zero attached hydrogens (tertiary/aromatic N) is 2. The van der Waals surface area contributed by atoms with Gasteiger partial charge in [-0.3, -0.25) is 10.1 Å². The highest BCUT2D eigenvalue weighted by Crippen LogP contribution is 2.24. The molecule has 0 atom stereocenters. The number of nitrogens with one attached hydrogen (secondary N) is 1. The molecule has 0 saturated heterocycles. The minimum absolute atomic E-state index is 0.0288. The molecule has 0 aliphatic carbocycles. The molecular weight excluding hydrogens is 292 g/mol. The van der Waals surface area contributed by atoms with Crippen molar-refractivity contribution in [1.82, 2.24) is 4.98 Å². The summed E-state index contributed by atoms with van der Waals surface area (Å²) in [6.07, 6.45) is 0. The summed E-state index contributed by atoms with van der Waals surface area (Å²) in [4.78, 5) is 13.9. The highest BCUT2D eigenvalue weighted by atomic mass is 35.5. The smallest absolute Gasteiger partial charge is 0.311 e. The van der Waals surface area contributed by atoms with Crippen LogP contribution >= 0.6 is 11.6 Å². The summed E-state index contributed by atoms with van der Waals surface area (Å²) in [5.41, 5.74) is -0.271. The molecule has 0 fully saturated rings. The first kappa shape index (κ1) is 14.1. The average Bonchev–Trinajstić information content (AvgIpc) is 2.39. The number of hydrogen-bond acceptors (Lipinski definition) is 4. The molecule has 0 saturated carbocycles. The van der Waals surface area contributed by atoms with Gasteiger partial charge in [0.25, 0.3) is 0 Å². The first-order chi connectivity index (χ1) is 9.47. The third kappa shape index (κ3) is 3.18. The van der Waals surface area contributed by atoms with Crippen molar-refractivity contribution in [1.29, 1.82) is 0 Å². The van der Waals surface area contributed by atoms with E-state index in [2.05, 4.69) is 10.3 Å². The lowest BCUT2D eigenvalue weighted by molar-refractivity contribution is -0.384. The van der Waals surface area contributed by atoms with Gasteiger partial charge in [0.1, 0.15) is 16.8 Å². The minimum atomic E-state index is -0.645. The number of anilines is 1. The second-order valence-corrected chi connectivity index (χ2v) is 4.24. The summed E-state index contributed by atoms with van der Waals surface area (Å²) >= 11 is 5.65. The predicted octanol–water partition coefficient (Wildman–Crippen LogP) is 3.53. The molecule has 0 radical (unpaired) electrons. The van der Waals surface area contributed by atoms with Crippen molar-refractivity contribution < 1.29 is 13.7 Å². The molecule has 0 amide bonds. The SMILES string of the molecule is O=[N+]([O-])c1ccc(Cl)nc1NCc1cc(F)ccc1F. The van der Waals surface area contributed by atoms with Crippen molar-refractivity contribution in [2.24, 2.45) is 0 Å². The fourth-order valence-electron chi connectivity index (χ4n) is 1.56. The Bertz CT molecular complexity index is 667. The van der Waals surface area contributed by atoms with Gasteiger partial charge in [0, 0.05) is 18.2 Å². The highest BCUT2D eigenvalue weighted by molar-refractivity contribution is 6.29. The van der Waals surface area contributed by atoms with Crippen molar-refractivity contribution in [2.45, 2.75) is 6.54 Å². The monoisotopic (exact) mass is 299 g/mol. The number of benzene rings is 1. The number of rotatable bonds is 4. The molecule has 2 rings (SSSR count). The van der Waals surface area contributed by atoms with Crippen LogP contribution in [0.25, 0.3) is 0 Å². The Balaban J connectivity index is 2.24. The second kappa shape index (κ2) is 5.79. The summed E-state index contributed by atoms with van der Waals surface area (Å²) in [7, 11) is 0. The summed E-state index contributed by atoms with van der Waals surface area (Å²) in [5.74, 6) is -1.33. The quantitative estimate of drug-likeness (QED) is 0.533. The lowest BCUT2D eigenvalue weighted by Crippen LogP contribution is -2.06. The number of nitro groups is 1. The lowest BCUT2D eigenvalue weighted by atomic mass is 10.2. The second-order valence-electron chi connectivity index (χ2n) is 3.85. The van der Waals surface area contributed by atoms with E-state index in [0.29, 0.717) is 0 Å².